The van der Waals surface area contributed by atoms with Crippen LogP contribution >= 0.6 is 11.6 Å². The Labute approximate surface area is 201 Å². The van der Waals surface area contributed by atoms with Crippen LogP contribution in [0.2, 0.25) is 5.02 Å². The third kappa shape index (κ3) is 6.71. The maximum absolute atomic E-state index is 13.4. The lowest BCUT2D eigenvalue weighted by atomic mass is 10.00. The third-order valence-electron chi connectivity index (χ3n) is 6.36. The summed E-state index contributed by atoms with van der Waals surface area (Å²) in [4.78, 5) is 29.6. The lowest BCUT2D eigenvalue weighted by molar-refractivity contribution is 0.0600. The van der Waals surface area contributed by atoms with Gasteiger partial charge in [-0.15, -0.1) is 0 Å². The lowest BCUT2D eigenvalue weighted by Gasteiger charge is -2.40. The molecule has 33 heavy (non-hydrogen) atoms. The van der Waals surface area contributed by atoms with Crippen molar-refractivity contribution in [3.05, 3.63) is 64.7 Å². The first-order valence-electron chi connectivity index (χ1n) is 11.7. The van der Waals surface area contributed by atoms with Gasteiger partial charge < -0.3 is 19.9 Å². The van der Waals surface area contributed by atoms with Gasteiger partial charge >= 0.3 is 12.0 Å². The van der Waals surface area contributed by atoms with E-state index in [1.807, 2.05) is 35.2 Å². The molecule has 2 aromatic carbocycles. The Morgan fingerprint density at radius 3 is 2.48 bits per heavy atom. The molecule has 6 nitrogen and oxygen atoms in total. The molecular formula is C26H34ClN3O3. The quantitative estimate of drug-likeness (QED) is 0.493. The zero-order chi connectivity index (χ0) is 23.8. The van der Waals surface area contributed by atoms with E-state index in [0.29, 0.717) is 28.9 Å². The molecule has 1 N–H and O–H groups in total. The summed E-state index contributed by atoms with van der Waals surface area (Å²) in [6.07, 6.45) is 4.24. The topological polar surface area (TPSA) is 61.9 Å². The first kappa shape index (κ1) is 25.1. The van der Waals surface area contributed by atoms with E-state index in [9.17, 15) is 9.59 Å². The SMILES string of the molecule is CCCC(C)N1CCC(N(Cc2ccccc2)C(=O)Nc2ccc(C(=O)OC)cc2Cl)CC1. The molecule has 1 aliphatic rings. The summed E-state index contributed by atoms with van der Waals surface area (Å²) >= 11 is 6.36. The number of esters is 1. The minimum absolute atomic E-state index is 0.142. The van der Waals surface area contributed by atoms with E-state index < -0.39 is 5.97 Å². The van der Waals surface area contributed by atoms with Gasteiger partial charge in [-0.1, -0.05) is 55.3 Å². The van der Waals surface area contributed by atoms with Crippen molar-refractivity contribution in [2.45, 2.75) is 58.2 Å². The van der Waals surface area contributed by atoms with Crippen molar-refractivity contribution in [3.63, 3.8) is 0 Å². The van der Waals surface area contributed by atoms with Crippen LogP contribution in [0.25, 0.3) is 0 Å². The van der Waals surface area contributed by atoms with Gasteiger partial charge in [0.1, 0.15) is 0 Å². The Kier molecular flexibility index (Phi) is 9.15. The minimum atomic E-state index is -0.468. The number of nitrogens with zero attached hydrogens (tertiary/aromatic N) is 2. The van der Waals surface area contributed by atoms with Crippen LogP contribution in [0, 0.1) is 0 Å². The first-order valence-corrected chi connectivity index (χ1v) is 12.0. The number of carbonyl (C=O) groups is 2. The summed E-state index contributed by atoms with van der Waals surface area (Å²) in [5.41, 5.74) is 1.90. The van der Waals surface area contributed by atoms with E-state index in [4.69, 9.17) is 16.3 Å². The smallest absolute Gasteiger partial charge is 0.337 e. The zero-order valence-electron chi connectivity index (χ0n) is 19.7. The Bertz CT molecular complexity index is 930. The molecule has 0 aliphatic carbocycles. The van der Waals surface area contributed by atoms with Crippen molar-refractivity contribution >= 4 is 29.3 Å². The number of amides is 2. The molecule has 7 heteroatoms. The number of halogens is 1. The molecule has 1 heterocycles. The summed E-state index contributed by atoms with van der Waals surface area (Å²) < 4.78 is 4.74. The van der Waals surface area contributed by atoms with Crippen molar-refractivity contribution in [1.29, 1.82) is 0 Å². The molecule has 2 aromatic rings. The number of nitrogens with one attached hydrogen (secondary N) is 1. The Hall–Kier alpha value is -2.57. The lowest BCUT2D eigenvalue weighted by Crippen LogP contribution is -2.50. The zero-order valence-corrected chi connectivity index (χ0v) is 20.5. The minimum Gasteiger partial charge on any atom is -0.465 e. The van der Waals surface area contributed by atoms with Crippen LogP contribution in [0.1, 0.15) is 55.5 Å². The number of piperidine rings is 1. The second-order valence-corrected chi connectivity index (χ2v) is 9.04. The maximum atomic E-state index is 13.4. The molecule has 178 valence electrons. The number of ether oxygens (including phenoxy) is 1. The number of hydrogen-bond acceptors (Lipinski definition) is 4. The Balaban J connectivity index is 1.74. The highest BCUT2D eigenvalue weighted by Gasteiger charge is 2.30. The molecule has 0 aromatic heterocycles. The third-order valence-corrected chi connectivity index (χ3v) is 6.67. The summed E-state index contributed by atoms with van der Waals surface area (Å²) in [5.74, 6) is -0.468. The van der Waals surface area contributed by atoms with E-state index in [-0.39, 0.29) is 12.1 Å². The fraction of sp³-hybridized carbons (Fsp3) is 0.462. The van der Waals surface area contributed by atoms with E-state index in [1.165, 1.54) is 26.0 Å². The average molecular weight is 472 g/mol. The number of urea groups is 1. The van der Waals surface area contributed by atoms with Gasteiger partial charge in [0, 0.05) is 31.7 Å². The van der Waals surface area contributed by atoms with Crippen LogP contribution < -0.4 is 5.32 Å². The van der Waals surface area contributed by atoms with Gasteiger partial charge in [0.05, 0.1) is 23.4 Å². The van der Waals surface area contributed by atoms with Crippen LogP contribution in [0.4, 0.5) is 10.5 Å². The fourth-order valence-electron chi connectivity index (χ4n) is 4.43. The maximum Gasteiger partial charge on any atom is 0.337 e. The van der Waals surface area contributed by atoms with Crippen LogP contribution in [-0.2, 0) is 11.3 Å². The van der Waals surface area contributed by atoms with Crippen LogP contribution in [0.5, 0.6) is 0 Å². The second-order valence-electron chi connectivity index (χ2n) is 8.63. The van der Waals surface area contributed by atoms with Gasteiger partial charge in [-0.25, -0.2) is 9.59 Å². The van der Waals surface area contributed by atoms with Crippen molar-refractivity contribution in [3.8, 4) is 0 Å². The van der Waals surface area contributed by atoms with Gasteiger partial charge in [-0.3, -0.25) is 0 Å². The molecule has 1 aliphatic heterocycles. The van der Waals surface area contributed by atoms with Crippen molar-refractivity contribution in [2.75, 3.05) is 25.5 Å². The van der Waals surface area contributed by atoms with Crippen LogP contribution in [0.3, 0.4) is 0 Å². The monoisotopic (exact) mass is 471 g/mol. The first-order chi connectivity index (χ1) is 15.9. The number of likely N-dealkylation sites (tertiary alicyclic amines) is 1. The summed E-state index contributed by atoms with van der Waals surface area (Å²) in [5, 5.41) is 3.26. The van der Waals surface area contributed by atoms with Gasteiger partial charge in [0.25, 0.3) is 0 Å². The van der Waals surface area contributed by atoms with Gasteiger partial charge in [0.15, 0.2) is 0 Å². The number of carbonyl (C=O) groups excluding carboxylic acids is 2. The largest absolute Gasteiger partial charge is 0.465 e. The highest BCUT2D eigenvalue weighted by atomic mass is 35.5. The van der Waals surface area contributed by atoms with Crippen molar-refractivity contribution < 1.29 is 14.3 Å². The molecule has 0 saturated carbocycles. The molecule has 2 amide bonds. The molecule has 3 rings (SSSR count). The molecule has 1 unspecified atom stereocenters. The molecular weight excluding hydrogens is 438 g/mol. The summed E-state index contributed by atoms with van der Waals surface area (Å²) in [7, 11) is 1.32. The predicted molar refractivity (Wildman–Crippen MR) is 133 cm³/mol. The van der Waals surface area contributed by atoms with E-state index in [2.05, 4.69) is 24.1 Å². The summed E-state index contributed by atoms with van der Waals surface area (Å²) in [6, 6.07) is 15.3. The normalized spacial score (nSPS) is 15.6. The highest BCUT2D eigenvalue weighted by molar-refractivity contribution is 6.34. The predicted octanol–water partition coefficient (Wildman–Crippen LogP) is 5.81. The van der Waals surface area contributed by atoms with E-state index in [1.54, 1.807) is 12.1 Å². The average Bonchev–Trinajstić information content (AvgIpc) is 2.84. The standard InChI is InChI=1S/C26H34ClN3O3/c1-4-8-19(2)29-15-13-22(14-16-29)30(18-20-9-6-5-7-10-20)26(32)28-24-12-11-21(17-23(24)27)25(31)33-3/h5-7,9-12,17,19,22H,4,8,13-16,18H2,1-3H3,(H,28,32). The Morgan fingerprint density at radius 1 is 1.18 bits per heavy atom. The molecule has 1 fully saturated rings. The molecule has 1 saturated heterocycles. The summed E-state index contributed by atoms with van der Waals surface area (Å²) in [6.45, 7) is 7.01. The van der Waals surface area contributed by atoms with Crippen molar-refractivity contribution in [1.82, 2.24) is 9.80 Å². The second kappa shape index (κ2) is 12.1. The highest BCUT2D eigenvalue weighted by Crippen LogP contribution is 2.26. The molecule has 0 bridgehead atoms. The van der Waals surface area contributed by atoms with Gasteiger partial charge in [0.2, 0.25) is 0 Å². The van der Waals surface area contributed by atoms with Crippen LogP contribution in [0.15, 0.2) is 48.5 Å². The fourth-order valence-corrected chi connectivity index (χ4v) is 4.66. The van der Waals surface area contributed by atoms with E-state index >= 15 is 0 Å². The molecule has 0 spiro atoms. The van der Waals surface area contributed by atoms with Gasteiger partial charge in [-0.05, 0) is 49.9 Å². The number of anilines is 1. The molecule has 1 atom stereocenters. The number of hydrogen-bond donors (Lipinski definition) is 1. The number of benzene rings is 2. The van der Waals surface area contributed by atoms with Crippen molar-refractivity contribution in [2.24, 2.45) is 0 Å². The van der Waals surface area contributed by atoms with E-state index in [0.717, 1.165) is 31.5 Å². The number of methoxy groups -OCH3 is 1. The number of rotatable bonds is 8. The van der Waals surface area contributed by atoms with Gasteiger partial charge in [-0.2, -0.15) is 0 Å². The van der Waals surface area contributed by atoms with Crippen LogP contribution in [-0.4, -0.2) is 54.1 Å². The molecule has 0 radical (unpaired) electrons. The Morgan fingerprint density at radius 2 is 1.88 bits per heavy atom.